The third-order valence-corrected chi connectivity index (χ3v) is 2.70. The van der Waals surface area contributed by atoms with Crippen LogP contribution in [0.4, 0.5) is 0 Å². The lowest BCUT2D eigenvalue weighted by molar-refractivity contribution is 0.0697. The Morgan fingerprint density at radius 1 is 1.37 bits per heavy atom. The summed E-state index contributed by atoms with van der Waals surface area (Å²) in [6.07, 6.45) is 0. The number of rotatable bonds is 3. The van der Waals surface area contributed by atoms with Crippen LogP contribution < -0.4 is 11.4 Å². The summed E-state index contributed by atoms with van der Waals surface area (Å²) in [5.74, 6) is -1.68. The van der Waals surface area contributed by atoms with Gasteiger partial charge in [0.2, 0.25) is 0 Å². The minimum absolute atomic E-state index is 0.0189. The van der Waals surface area contributed by atoms with Crippen LogP contribution in [-0.2, 0) is 6.54 Å². The second-order valence-corrected chi connectivity index (χ2v) is 4.70. The van der Waals surface area contributed by atoms with Crippen molar-refractivity contribution in [1.82, 2.24) is 4.57 Å². The maximum absolute atomic E-state index is 11.7. The van der Waals surface area contributed by atoms with Crippen molar-refractivity contribution in [3.05, 3.63) is 44.7 Å². The van der Waals surface area contributed by atoms with Crippen molar-refractivity contribution in [3.8, 4) is 0 Å². The zero-order valence-corrected chi connectivity index (χ0v) is 10.5. The number of benzene rings is 1. The molecule has 1 heterocycles. The van der Waals surface area contributed by atoms with Gasteiger partial charge in [0.15, 0.2) is 0 Å². The molecule has 100 valence electrons. The van der Waals surface area contributed by atoms with E-state index in [4.69, 9.17) is 5.11 Å². The van der Waals surface area contributed by atoms with Crippen molar-refractivity contribution in [1.29, 1.82) is 0 Å². The molecule has 0 saturated carbocycles. The number of aromatic carboxylic acids is 1. The summed E-state index contributed by atoms with van der Waals surface area (Å²) in [6, 6.07) is 4.04. The molecule has 2 aromatic rings. The van der Waals surface area contributed by atoms with Gasteiger partial charge < -0.3 is 9.52 Å². The smallest absolute Gasteiger partial charge is 0.422 e. The first-order chi connectivity index (χ1) is 8.90. The molecule has 0 aliphatic heterocycles. The number of carboxylic acid groups (broad SMARTS) is 1. The Labute approximate surface area is 107 Å². The molecule has 0 spiro atoms. The van der Waals surface area contributed by atoms with E-state index in [-0.39, 0.29) is 16.9 Å². The predicted octanol–water partition coefficient (Wildman–Crippen LogP) is 1.31. The molecule has 0 aliphatic rings. The molecule has 0 saturated heterocycles. The van der Waals surface area contributed by atoms with Crippen LogP contribution in [0.5, 0.6) is 0 Å². The fraction of sp³-hybridized carbons (Fsp3) is 0.308. The monoisotopic (exact) mass is 263 g/mol. The van der Waals surface area contributed by atoms with E-state index in [1.165, 1.54) is 22.8 Å². The van der Waals surface area contributed by atoms with Crippen LogP contribution in [0.2, 0.25) is 0 Å². The summed E-state index contributed by atoms with van der Waals surface area (Å²) >= 11 is 0. The van der Waals surface area contributed by atoms with Crippen LogP contribution in [0.1, 0.15) is 24.2 Å². The summed E-state index contributed by atoms with van der Waals surface area (Å²) in [7, 11) is 0. The lowest BCUT2D eigenvalue weighted by atomic mass is 10.1. The van der Waals surface area contributed by atoms with Gasteiger partial charge in [-0.25, -0.2) is 14.4 Å². The lowest BCUT2D eigenvalue weighted by Crippen LogP contribution is -2.26. The quantitative estimate of drug-likeness (QED) is 0.901. The molecular formula is C13H13NO5. The maximum Gasteiger partial charge on any atom is 0.422 e. The first-order valence-electron chi connectivity index (χ1n) is 5.81. The first-order valence-corrected chi connectivity index (χ1v) is 5.81. The predicted molar refractivity (Wildman–Crippen MR) is 68.5 cm³/mol. The number of hydrogen-bond acceptors (Lipinski definition) is 4. The molecular weight excluding hydrogens is 250 g/mol. The summed E-state index contributed by atoms with van der Waals surface area (Å²) in [4.78, 5) is 34.2. The molecule has 6 nitrogen and oxygen atoms in total. The number of hydrogen-bond donors (Lipinski definition) is 1. The average Bonchev–Trinajstić information content (AvgIpc) is 2.33. The Morgan fingerprint density at radius 3 is 2.63 bits per heavy atom. The zero-order valence-electron chi connectivity index (χ0n) is 10.5. The Bertz CT molecular complexity index is 754. The van der Waals surface area contributed by atoms with Gasteiger partial charge in [-0.05, 0) is 24.1 Å². The molecule has 1 aromatic carbocycles. The number of fused-ring (bicyclic) bond motifs is 1. The van der Waals surface area contributed by atoms with Crippen LogP contribution in [0.15, 0.2) is 32.2 Å². The van der Waals surface area contributed by atoms with Crippen LogP contribution in [0.3, 0.4) is 0 Å². The Kier molecular flexibility index (Phi) is 3.25. The molecule has 2 rings (SSSR count). The molecule has 0 atom stereocenters. The van der Waals surface area contributed by atoms with Gasteiger partial charge in [0, 0.05) is 6.54 Å². The maximum atomic E-state index is 11.7. The first kappa shape index (κ1) is 13.1. The molecule has 6 heteroatoms. The van der Waals surface area contributed by atoms with Crippen LogP contribution in [-0.4, -0.2) is 15.6 Å². The van der Waals surface area contributed by atoms with E-state index in [0.29, 0.717) is 12.1 Å². The highest BCUT2D eigenvalue weighted by molar-refractivity contribution is 5.92. The summed E-state index contributed by atoms with van der Waals surface area (Å²) < 4.78 is 5.96. The van der Waals surface area contributed by atoms with Gasteiger partial charge in [0.05, 0.1) is 16.5 Å². The summed E-state index contributed by atoms with van der Waals surface area (Å²) in [5, 5.41) is 9.00. The van der Waals surface area contributed by atoms with Crippen LogP contribution in [0, 0.1) is 5.92 Å². The van der Waals surface area contributed by atoms with Gasteiger partial charge >= 0.3 is 17.4 Å². The third kappa shape index (κ3) is 2.42. The second kappa shape index (κ2) is 4.72. The minimum Gasteiger partial charge on any atom is -0.478 e. The fourth-order valence-corrected chi connectivity index (χ4v) is 1.89. The van der Waals surface area contributed by atoms with Crippen molar-refractivity contribution in [2.45, 2.75) is 20.4 Å². The highest BCUT2D eigenvalue weighted by atomic mass is 16.4. The van der Waals surface area contributed by atoms with E-state index in [1.807, 2.05) is 13.8 Å². The van der Waals surface area contributed by atoms with Gasteiger partial charge in [-0.15, -0.1) is 0 Å². The Balaban J connectivity index is 2.81. The number of aromatic nitrogens is 1. The molecule has 1 aromatic heterocycles. The SMILES string of the molecule is CC(C)Cn1c(=O)oc(=O)c2cc(C(=O)O)ccc21. The van der Waals surface area contributed by atoms with Crippen LogP contribution in [0.25, 0.3) is 10.9 Å². The molecule has 0 unspecified atom stereocenters. The van der Waals surface area contributed by atoms with E-state index in [1.54, 1.807) is 0 Å². The van der Waals surface area contributed by atoms with Gasteiger partial charge in [-0.1, -0.05) is 13.8 Å². The van der Waals surface area contributed by atoms with Crippen molar-refractivity contribution >= 4 is 16.9 Å². The highest BCUT2D eigenvalue weighted by Gasteiger charge is 2.13. The van der Waals surface area contributed by atoms with Crippen molar-refractivity contribution in [3.63, 3.8) is 0 Å². The normalized spacial score (nSPS) is 11.1. The van der Waals surface area contributed by atoms with E-state index < -0.39 is 17.4 Å². The van der Waals surface area contributed by atoms with Crippen LogP contribution >= 0.6 is 0 Å². The van der Waals surface area contributed by atoms with E-state index in [0.717, 1.165) is 0 Å². The Morgan fingerprint density at radius 2 is 2.05 bits per heavy atom. The van der Waals surface area contributed by atoms with E-state index in [9.17, 15) is 14.4 Å². The van der Waals surface area contributed by atoms with Gasteiger partial charge in [-0.3, -0.25) is 4.57 Å². The zero-order chi connectivity index (χ0) is 14.2. The highest BCUT2D eigenvalue weighted by Crippen LogP contribution is 2.13. The molecule has 19 heavy (non-hydrogen) atoms. The molecule has 0 amide bonds. The third-order valence-electron chi connectivity index (χ3n) is 2.70. The second-order valence-electron chi connectivity index (χ2n) is 4.70. The van der Waals surface area contributed by atoms with E-state index >= 15 is 0 Å². The topological polar surface area (TPSA) is 89.5 Å². The summed E-state index contributed by atoms with van der Waals surface area (Å²) in [6.45, 7) is 4.25. The molecule has 0 radical (unpaired) electrons. The Hall–Kier alpha value is -2.37. The molecule has 0 aliphatic carbocycles. The number of nitrogens with zero attached hydrogens (tertiary/aromatic N) is 1. The summed E-state index contributed by atoms with van der Waals surface area (Å²) in [5.41, 5.74) is -0.447. The number of carbonyl (C=O) groups is 1. The molecule has 1 N–H and O–H groups in total. The largest absolute Gasteiger partial charge is 0.478 e. The van der Waals surface area contributed by atoms with Crippen molar-refractivity contribution < 1.29 is 14.3 Å². The van der Waals surface area contributed by atoms with Gasteiger partial charge in [0.1, 0.15) is 0 Å². The fourth-order valence-electron chi connectivity index (χ4n) is 1.89. The lowest BCUT2D eigenvalue weighted by Gasteiger charge is -2.10. The van der Waals surface area contributed by atoms with Crippen molar-refractivity contribution in [2.24, 2.45) is 5.92 Å². The number of carboxylic acids is 1. The minimum atomic E-state index is -1.14. The van der Waals surface area contributed by atoms with Gasteiger partial charge in [-0.2, -0.15) is 0 Å². The van der Waals surface area contributed by atoms with E-state index in [2.05, 4.69) is 4.42 Å². The molecule has 0 bridgehead atoms. The molecule has 0 fully saturated rings. The van der Waals surface area contributed by atoms with Gasteiger partial charge in [0.25, 0.3) is 0 Å². The average molecular weight is 263 g/mol. The standard InChI is InChI=1S/C13H13NO5/c1-7(2)6-14-10-4-3-8(11(15)16)5-9(10)12(17)19-13(14)18/h3-5,7H,6H2,1-2H3,(H,15,16). The van der Waals surface area contributed by atoms with Crippen molar-refractivity contribution in [2.75, 3.05) is 0 Å².